The van der Waals surface area contributed by atoms with E-state index in [1.807, 2.05) is 32.0 Å². The average Bonchev–Trinajstić information content (AvgIpc) is 2.71. The number of amidine groups is 1. The lowest BCUT2D eigenvalue weighted by atomic mass is 9.88. The van der Waals surface area contributed by atoms with E-state index in [4.69, 9.17) is 4.74 Å². The molecule has 1 aliphatic carbocycles. The first-order chi connectivity index (χ1) is 14.2. The smallest absolute Gasteiger partial charge is 0.416 e. The highest BCUT2D eigenvalue weighted by atomic mass is 19.4. The molecule has 2 aromatic rings. The number of amides is 1. The van der Waals surface area contributed by atoms with Crippen molar-refractivity contribution in [2.75, 3.05) is 6.61 Å². The number of aliphatic imine (C=N–C) groups is 1. The van der Waals surface area contributed by atoms with E-state index in [9.17, 15) is 18.0 Å². The molecule has 1 N–H and O–H groups in total. The number of halogens is 3. The lowest BCUT2D eigenvalue weighted by Gasteiger charge is -2.23. The highest BCUT2D eigenvalue weighted by Gasteiger charge is 2.31. The standard InChI is InChI=1S/C23H25F3N2O2/c1-15(2)14-30-22(27-20-12-6-8-16-7-3-4-11-19(16)20)28-21(29)17-9-5-10-18(13-17)23(24,25)26/h3-5,7,9-11,13,15,20H,6,8,12,14H2,1-2H3,(H,27,28,29). The molecule has 0 aromatic heterocycles. The second kappa shape index (κ2) is 9.32. The van der Waals surface area contributed by atoms with Gasteiger partial charge in [0.15, 0.2) is 0 Å². The third kappa shape index (κ3) is 5.62. The minimum atomic E-state index is -4.52. The van der Waals surface area contributed by atoms with E-state index in [0.29, 0.717) is 6.61 Å². The number of hydrogen-bond donors (Lipinski definition) is 1. The van der Waals surface area contributed by atoms with Crippen molar-refractivity contribution in [3.63, 3.8) is 0 Å². The summed E-state index contributed by atoms with van der Waals surface area (Å²) in [6, 6.07) is 12.2. The van der Waals surface area contributed by atoms with Crippen molar-refractivity contribution in [3.05, 3.63) is 70.8 Å². The summed E-state index contributed by atoms with van der Waals surface area (Å²) in [5.74, 6) is -0.494. The van der Waals surface area contributed by atoms with Gasteiger partial charge in [-0.3, -0.25) is 10.1 Å². The van der Waals surface area contributed by atoms with Gasteiger partial charge >= 0.3 is 6.18 Å². The van der Waals surface area contributed by atoms with Crippen molar-refractivity contribution in [2.24, 2.45) is 10.9 Å². The fourth-order valence-electron chi connectivity index (χ4n) is 3.36. The Morgan fingerprint density at radius 1 is 1.20 bits per heavy atom. The summed E-state index contributed by atoms with van der Waals surface area (Å²) >= 11 is 0. The van der Waals surface area contributed by atoms with Gasteiger partial charge in [-0.2, -0.15) is 13.2 Å². The topological polar surface area (TPSA) is 50.7 Å². The molecule has 0 saturated carbocycles. The molecule has 7 heteroatoms. The van der Waals surface area contributed by atoms with Crippen molar-refractivity contribution in [3.8, 4) is 0 Å². The lowest BCUT2D eigenvalue weighted by molar-refractivity contribution is -0.137. The van der Waals surface area contributed by atoms with Gasteiger partial charge in [0.25, 0.3) is 11.9 Å². The molecule has 160 valence electrons. The van der Waals surface area contributed by atoms with Crippen LogP contribution in [0.1, 0.15) is 59.8 Å². The summed E-state index contributed by atoms with van der Waals surface area (Å²) in [6.45, 7) is 4.25. The zero-order valence-electron chi connectivity index (χ0n) is 17.0. The molecule has 0 radical (unpaired) electrons. The Bertz CT molecular complexity index is 923. The predicted octanol–water partition coefficient (Wildman–Crippen LogP) is 5.54. The molecule has 1 aliphatic rings. The van der Waals surface area contributed by atoms with Crippen molar-refractivity contribution in [2.45, 2.75) is 45.3 Å². The molecule has 0 bridgehead atoms. The summed E-state index contributed by atoms with van der Waals surface area (Å²) < 4.78 is 44.6. The van der Waals surface area contributed by atoms with E-state index in [2.05, 4.69) is 16.4 Å². The van der Waals surface area contributed by atoms with Crippen LogP contribution in [-0.2, 0) is 17.3 Å². The van der Waals surface area contributed by atoms with Crippen molar-refractivity contribution >= 4 is 11.9 Å². The number of rotatable bonds is 4. The SMILES string of the molecule is CC(C)COC(=NC1CCCc2ccccc21)NC(=O)c1cccc(C(F)(F)F)c1. The zero-order chi connectivity index (χ0) is 21.7. The Hall–Kier alpha value is -2.83. The molecule has 0 aliphatic heterocycles. The van der Waals surface area contributed by atoms with Gasteiger partial charge in [0, 0.05) is 5.56 Å². The molecule has 4 nitrogen and oxygen atoms in total. The number of carbonyl (C=O) groups is 1. The number of ether oxygens (including phenoxy) is 1. The number of alkyl halides is 3. The largest absolute Gasteiger partial charge is 0.465 e. The van der Waals surface area contributed by atoms with E-state index in [1.54, 1.807) is 0 Å². The summed E-state index contributed by atoms with van der Waals surface area (Å²) in [5.41, 5.74) is 1.32. The van der Waals surface area contributed by atoms with Crippen LogP contribution in [0.5, 0.6) is 0 Å². The molecule has 2 aromatic carbocycles. The van der Waals surface area contributed by atoms with Gasteiger partial charge in [-0.05, 0) is 54.5 Å². The summed E-state index contributed by atoms with van der Waals surface area (Å²) in [7, 11) is 0. The van der Waals surface area contributed by atoms with Gasteiger partial charge in [-0.15, -0.1) is 0 Å². The van der Waals surface area contributed by atoms with Crippen molar-refractivity contribution < 1.29 is 22.7 Å². The van der Waals surface area contributed by atoms with Crippen LogP contribution < -0.4 is 5.32 Å². The molecule has 0 fully saturated rings. The number of nitrogens with zero attached hydrogens (tertiary/aromatic N) is 1. The molecule has 0 saturated heterocycles. The minimum absolute atomic E-state index is 0.0350. The van der Waals surface area contributed by atoms with Crippen LogP contribution in [0.2, 0.25) is 0 Å². The van der Waals surface area contributed by atoms with Crippen molar-refractivity contribution in [1.29, 1.82) is 0 Å². The van der Waals surface area contributed by atoms with Crippen LogP contribution in [0.4, 0.5) is 13.2 Å². The van der Waals surface area contributed by atoms with Crippen LogP contribution in [0.3, 0.4) is 0 Å². The van der Waals surface area contributed by atoms with Gasteiger partial charge < -0.3 is 4.74 Å². The van der Waals surface area contributed by atoms with Crippen LogP contribution in [-0.4, -0.2) is 18.5 Å². The Morgan fingerprint density at radius 3 is 2.70 bits per heavy atom. The van der Waals surface area contributed by atoms with Gasteiger partial charge in [0.2, 0.25) is 0 Å². The molecule has 30 heavy (non-hydrogen) atoms. The van der Waals surface area contributed by atoms with Gasteiger partial charge in [-0.25, -0.2) is 4.99 Å². The summed E-state index contributed by atoms with van der Waals surface area (Å²) in [6.07, 6.45) is -1.77. The van der Waals surface area contributed by atoms with E-state index < -0.39 is 17.6 Å². The third-order valence-corrected chi connectivity index (χ3v) is 4.84. The Kier molecular flexibility index (Phi) is 6.80. The maximum atomic E-state index is 13.0. The lowest BCUT2D eigenvalue weighted by Crippen LogP contribution is -2.34. The molecule has 1 atom stereocenters. The van der Waals surface area contributed by atoms with Gasteiger partial charge in [-0.1, -0.05) is 44.2 Å². The first-order valence-electron chi connectivity index (χ1n) is 10.0. The molecule has 3 rings (SSSR count). The molecular formula is C23H25F3N2O2. The molecule has 1 unspecified atom stereocenters. The highest BCUT2D eigenvalue weighted by Crippen LogP contribution is 2.32. The van der Waals surface area contributed by atoms with Crippen LogP contribution >= 0.6 is 0 Å². The van der Waals surface area contributed by atoms with Crippen molar-refractivity contribution in [1.82, 2.24) is 5.32 Å². The molecule has 1 amide bonds. The monoisotopic (exact) mass is 418 g/mol. The number of nitrogens with one attached hydrogen (secondary N) is 1. The van der Waals surface area contributed by atoms with Gasteiger partial charge in [0.05, 0.1) is 18.2 Å². The number of benzene rings is 2. The molecule has 0 heterocycles. The number of carbonyl (C=O) groups excluding carboxylic acids is 1. The first kappa shape index (κ1) is 21.9. The van der Waals surface area contributed by atoms with E-state index >= 15 is 0 Å². The second-order valence-corrected chi connectivity index (χ2v) is 7.78. The minimum Gasteiger partial charge on any atom is -0.465 e. The van der Waals surface area contributed by atoms with Gasteiger partial charge in [0.1, 0.15) is 0 Å². The fraction of sp³-hybridized carbons (Fsp3) is 0.391. The number of aryl methyl sites for hydroxylation is 1. The zero-order valence-corrected chi connectivity index (χ0v) is 17.0. The summed E-state index contributed by atoms with van der Waals surface area (Å²) in [4.78, 5) is 17.3. The third-order valence-electron chi connectivity index (χ3n) is 4.84. The van der Waals surface area contributed by atoms with Crippen LogP contribution in [0.15, 0.2) is 53.5 Å². The predicted molar refractivity (Wildman–Crippen MR) is 109 cm³/mol. The van der Waals surface area contributed by atoms with Crippen LogP contribution in [0, 0.1) is 5.92 Å². The highest BCUT2D eigenvalue weighted by molar-refractivity contribution is 6.04. The Morgan fingerprint density at radius 2 is 1.97 bits per heavy atom. The van der Waals surface area contributed by atoms with Crippen LogP contribution in [0.25, 0.3) is 0 Å². The maximum Gasteiger partial charge on any atom is 0.416 e. The number of fused-ring (bicyclic) bond motifs is 1. The fourth-order valence-corrected chi connectivity index (χ4v) is 3.36. The average molecular weight is 418 g/mol. The Labute approximate surface area is 174 Å². The van der Waals surface area contributed by atoms with E-state index in [1.165, 1.54) is 17.7 Å². The second-order valence-electron chi connectivity index (χ2n) is 7.78. The molecule has 0 spiro atoms. The first-order valence-corrected chi connectivity index (χ1v) is 10.0. The quantitative estimate of drug-likeness (QED) is 0.523. The number of hydrogen-bond acceptors (Lipinski definition) is 3. The van der Waals surface area contributed by atoms with E-state index in [-0.39, 0.29) is 23.5 Å². The summed E-state index contributed by atoms with van der Waals surface area (Å²) in [5, 5.41) is 2.57. The Balaban J connectivity index is 1.84. The van der Waals surface area contributed by atoms with E-state index in [0.717, 1.165) is 37.0 Å². The molecular weight excluding hydrogens is 393 g/mol. The normalized spacial score (nSPS) is 16.9. The maximum absolute atomic E-state index is 13.0.